The molecule has 0 amide bonds. The van der Waals surface area contributed by atoms with Crippen LogP contribution in [-0.2, 0) is 6.54 Å². The molecule has 1 aromatic rings. The number of ether oxygens (including phenoxy) is 1. The van der Waals surface area contributed by atoms with Crippen molar-refractivity contribution in [1.82, 2.24) is 10.3 Å². The number of hydrogen-bond donors (Lipinski definition) is 1. The summed E-state index contributed by atoms with van der Waals surface area (Å²) in [5, 5.41) is 3.31. The molecule has 1 rings (SSSR count). The van der Waals surface area contributed by atoms with E-state index in [0.717, 1.165) is 43.6 Å². The van der Waals surface area contributed by atoms with E-state index in [1.807, 2.05) is 13.0 Å². The molecule has 0 aliphatic rings. The molecule has 1 heterocycles. The summed E-state index contributed by atoms with van der Waals surface area (Å²) in [6, 6.07) is 4.07. The van der Waals surface area contributed by atoms with Crippen molar-refractivity contribution in [2.24, 2.45) is 5.92 Å². The Hall–Kier alpha value is -1.09. The zero-order chi connectivity index (χ0) is 13.4. The number of hydrogen-bond acceptors (Lipinski definition) is 3. The van der Waals surface area contributed by atoms with Crippen LogP contribution >= 0.6 is 0 Å². The SMILES string of the molecule is CCNCc1ccc(OCCCC(C)C)nc1C. The van der Waals surface area contributed by atoms with Gasteiger partial charge in [0.25, 0.3) is 0 Å². The van der Waals surface area contributed by atoms with Gasteiger partial charge in [-0.1, -0.05) is 26.8 Å². The fraction of sp³-hybridized carbons (Fsp3) is 0.667. The summed E-state index contributed by atoms with van der Waals surface area (Å²) < 4.78 is 5.67. The molecule has 0 radical (unpaired) electrons. The maximum absolute atomic E-state index is 5.67. The van der Waals surface area contributed by atoms with Crippen LogP contribution in [0.1, 0.15) is 44.9 Å². The van der Waals surface area contributed by atoms with E-state index in [1.54, 1.807) is 0 Å². The van der Waals surface area contributed by atoms with E-state index < -0.39 is 0 Å². The van der Waals surface area contributed by atoms with Crippen LogP contribution in [0.25, 0.3) is 0 Å². The first kappa shape index (κ1) is 15.0. The van der Waals surface area contributed by atoms with Gasteiger partial charge in [0, 0.05) is 18.3 Å². The van der Waals surface area contributed by atoms with Gasteiger partial charge in [-0.05, 0) is 37.8 Å². The summed E-state index contributed by atoms with van der Waals surface area (Å²) in [4.78, 5) is 4.48. The lowest BCUT2D eigenvalue weighted by Gasteiger charge is -2.10. The molecular weight excluding hydrogens is 224 g/mol. The third-order valence-electron chi connectivity index (χ3n) is 2.91. The van der Waals surface area contributed by atoms with Crippen molar-refractivity contribution in [3.8, 4) is 5.88 Å². The predicted octanol–water partition coefficient (Wildman–Crippen LogP) is 3.31. The Labute approximate surface area is 111 Å². The van der Waals surface area contributed by atoms with Crippen molar-refractivity contribution in [3.63, 3.8) is 0 Å². The fourth-order valence-corrected chi connectivity index (χ4v) is 1.76. The topological polar surface area (TPSA) is 34.1 Å². The van der Waals surface area contributed by atoms with Crippen molar-refractivity contribution in [3.05, 3.63) is 23.4 Å². The van der Waals surface area contributed by atoms with Gasteiger partial charge in [-0.25, -0.2) is 4.98 Å². The first-order chi connectivity index (χ1) is 8.63. The summed E-state index contributed by atoms with van der Waals surface area (Å²) in [7, 11) is 0. The standard InChI is InChI=1S/C15H26N2O/c1-5-16-11-14-8-9-15(17-13(14)4)18-10-6-7-12(2)3/h8-9,12,16H,5-7,10-11H2,1-4H3. The Morgan fingerprint density at radius 1 is 1.33 bits per heavy atom. The predicted molar refractivity (Wildman–Crippen MR) is 75.9 cm³/mol. The van der Waals surface area contributed by atoms with E-state index in [1.165, 1.54) is 12.0 Å². The van der Waals surface area contributed by atoms with Crippen LogP contribution in [0.3, 0.4) is 0 Å². The van der Waals surface area contributed by atoms with Crippen LogP contribution in [0.4, 0.5) is 0 Å². The molecule has 3 heteroatoms. The lowest BCUT2D eigenvalue weighted by molar-refractivity contribution is 0.286. The minimum Gasteiger partial charge on any atom is -0.478 e. The fourth-order valence-electron chi connectivity index (χ4n) is 1.76. The van der Waals surface area contributed by atoms with E-state index in [9.17, 15) is 0 Å². The lowest BCUT2D eigenvalue weighted by atomic mass is 10.1. The van der Waals surface area contributed by atoms with Gasteiger partial charge in [0.05, 0.1) is 6.61 Å². The minimum atomic E-state index is 0.741. The van der Waals surface area contributed by atoms with E-state index in [-0.39, 0.29) is 0 Å². The lowest BCUT2D eigenvalue weighted by Crippen LogP contribution is -2.13. The van der Waals surface area contributed by atoms with Gasteiger partial charge in [0.2, 0.25) is 5.88 Å². The molecule has 1 N–H and O–H groups in total. The maximum Gasteiger partial charge on any atom is 0.213 e. The van der Waals surface area contributed by atoms with Crippen molar-refractivity contribution in [2.45, 2.75) is 47.1 Å². The van der Waals surface area contributed by atoms with E-state index in [2.05, 4.69) is 37.1 Å². The van der Waals surface area contributed by atoms with E-state index >= 15 is 0 Å². The molecule has 18 heavy (non-hydrogen) atoms. The number of rotatable bonds is 8. The first-order valence-corrected chi connectivity index (χ1v) is 6.93. The molecule has 0 aromatic carbocycles. The van der Waals surface area contributed by atoms with E-state index in [0.29, 0.717) is 0 Å². The summed E-state index contributed by atoms with van der Waals surface area (Å²) in [6.45, 7) is 11.2. The monoisotopic (exact) mass is 250 g/mol. The highest BCUT2D eigenvalue weighted by Gasteiger charge is 2.02. The second-order valence-corrected chi connectivity index (χ2v) is 5.06. The van der Waals surface area contributed by atoms with Gasteiger partial charge in [0.15, 0.2) is 0 Å². The number of aromatic nitrogens is 1. The Morgan fingerprint density at radius 2 is 2.11 bits per heavy atom. The Morgan fingerprint density at radius 3 is 2.72 bits per heavy atom. The van der Waals surface area contributed by atoms with Crippen LogP contribution in [0.2, 0.25) is 0 Å². The van der Waals surface area contributed by atoms with Crippen LogP contribution < -0.4 is 10.1 Å². The Bertz CT molecular complexity index is 350. The minimum absolute atomic E-state index is 0.741. The smallest absolute Gasteiger partial charge is 0.213 e. The molecule has 0 spiro atoms. The molecule has 0 fully saturated rings. The highest BCUT2D eigenvalue weighted by atomic mass is 16.5. The van der Waals surface area contributed by atoms with Crippen LogP contribution in [0.15, 0.2) is 12.1 Å². The maximum atomic E-state index is 5.67. The molecular formula is C15H26N2O. The van der Waals surface area contributed by atoms with Gasteiger partial charge < -0.3 is 10.1 Å². The second kappa shape index (κ2) is 8.09. The largest absolute Gasteiger partial charge is 0.478 e. The Kier molecular flexibility index (Phi) is 6.73. The summed E-state index contributed by atoms with van der Waals surface area (Å²) >= 11 is 0. The summed E-state index contributed by atoms with van der Waals surface area (Å²) in [5.74, 6) is 1.49. The van der Waals surface area contributed by atoms with Crippen LogP contribution in [-0.4, -0.2) is 18.1 Å². The van der Waals surface area contributed by atoms with Gasteiger partial charge in [-0.15, -0.1) is 0 Å². The zero-order valence-corrected chi connectivity index (χ0v) is 12.1. The number of aryl methyl sites for hydroxylation is 1. The van der Waals surface area contributed by atoms with Crippen molar-refractivity contribution >= 4 is 0 Å². The average molecular weight is 250 g/mol. The molecule has 0 saturated carbocycles. The third kappa shape index (κ3) is 5.50. The van der Waals surface area contributed by atoms with Gasteiger partial charge >= 0.3 is 0 Å². The molecule has 0 saturated heterocycles. The van der Waals surface area contributed by atoms with Crippen LogP contribution in [0, 0.1) is 12.8 Å². The molecule has 1 aromatic heterocycles. The summed E-state index contributed by atoms with van der Waals surface area (Å²) in [6.07, 6.45) is 2.30. The van der Waals surface area contributed by atoms with Gasteiger partial charge in [0.1, 0.15) is 0 Å². The van der Waals surface area contributed by atoms with Crippen LogP contribution in [0.5, 0.6) is 5.88 Å². The van der Waals surface area contributed by atoms with Crippen molar-refractivity contribution in [2.75, 3.05) is 13.2 Å². The molecule has 102 valence electrons. The van der Waals surface area contributed by atoms with Gasteiger partial charge in [-0.3, -0.25) is 0 Å². The molecule has 0 bridgehead atoms. The average Bonchev–Trinajstić information content (AvgIpc) is 2.33. The molecule has 0 atom stereocenters. The quantitative estimate of drug-likeness (QED) is 0.719. The Balaban J connectivity index is 2.41. The number of nitrogens with one attached hydrogen (secondary N) is 1. The van der Waals surface area contributed by atoms with Crippen molar-refractivity contribution in [1.29, 1.82) is 0 Å². The normalized spacial score (nSPS) is 10.9. The molecule has 0 aliphatic heterocycles. The highest BCUT2D eigenvalue weighted by Crippen LogP contribution is 2.13. The molecule has 3 nitrogen and oxygen atoms in total. The number of nitrogens with zero attached hydrogens (tertiary/aromatic N) is 1. The van der Waals surface area contributed by atoms with E-state index in [4.69, 9.17) is 4.74 Å². The zero-order valence-electron chi connectivity index (χ0n) is 12.1. The second-order valence-electron chi connectivity index (χ2n) is 5.06. The third-order valence-corrected chi connectivity index (χ3v) is 2.91. The van der Waals surface area contributed by atoms with Crippen molar-refractivity contribution < 1.29 is 4.74 Å². The molecule has 0 unspecified atom stereocenters. The highest BCUT2D eigenvalue weighted by molar-refractivity contribution is 5.24. The van der Waals surface area contributed by atoms with Gasteiger partial charge in [-0.2, -0.15) is 0 Å². The molecule has 0 aliphatic carbocycles. The number of pyridine rings is 1. The summed E-state index contributed by atoms with van der Waals surface area (Å²) in [5.41, 5.74) is 2.30. The first-order valence-electron chi connectivity index (χ1n) is 6.93.